The summed E-state index contributed by atoms with van der Waals surface area (Å²) < 4.78 is 0. The molecule has 2 rings (SSSR count). The molecule has 0 fully saturated rings. The van der Waals surface area contributed by atoms with E-state index >= 15 is 0 Å². The topological polar surface area (TPSA) is 61.0 Å². The van der Waals surface area contributed by atoms with E-state index in [9.17, 15) is 4.79 Å². The Morgan fingerprint density at radius 2 is 1.84 bits per heavy atom. The smallest absolute Gasteiger partial charge is 0.274 e. The summed E-state index contributed by atoms with van der Waals surface area (Å²) in [4.78, 5) is 15.3. The van der Waals surface area contributed by atoms with Crippen LogP contribution in [0.25, 0.3) is 0 Å². The van der Waals surface area contributed by atoms with Gasteiger partial charge in [-0.2, -0.15) is 5.10 Å². The average molecular weight is 349 g/mol. The molecule has 1 aromatic rings. The third-order valence-electron chi connectivity index (χ3n) is 5.15. The lowest BCUT2D eigenvalue weighted by Gasteiger charge is -2.30. The van der Waals surface area contributed by atoms with E-state index in [0.717, 1.165) is 56.1 Å². The van der Waals surface area contributed by atoms with Gasteiger partial charge in [0.1, 0.15) is 0 Å². The van der Waals surface area contributed by atoms with Crippen LogP contribution >= 0.6 is 0 Å². The van der Waals surface area contributed by atoms with Gasteiger partial charge < -0.3 is 10.2 Å². The summed E-state index contributed by atoms with van der Waals surface area (Å²) in [6, 6.07) is 0.258. The molecule has 0 saturated heterocycles. The van der Waals surface area contributed by atoms with Gasteiger partial charge in [-0.25, -0.2) is 0 Å². The highest BCUT2D eigenvalue weighted by atomic mass is 16.2. The lowest BCUT2D eigenvalue weighted by molar-refractivity contribution is 0.0664. The van der Waals surface area contributed by atoms with Crippen LogP contribution in [0.5, 0.6) is 0 Å². The molecule has 1 aliphatic heterocycles. The zero-order valence-corrected chi connectivity index (χ0v) is 16.7. The lowest BCUT2D eigenvalue weighted by Crippen LogP contribution is -2.41. The molecule has 0 radical (unpaired) electrons. The molecular weight excluding hydrogens is 312 g/mol. The van der Waals surface area contributed by atoms with Crippen molar-refractivity contribution in [3.05, 3.63) is 17.0 Å². The van der Waals surface area contributed by atoms with E-state index in [1.165, 1.54) is 12.8 Å². The first kappa shape index (κ1) is 20.0. The first-order valence-electron chi connectivity index (χ1n) is 9.98. The lowest BCUT2D eigenvalue weighted by atomic mass is 10.0. The fourth-order valence-electron chi connectivity index (χ4n) is 3.43. The molecule has 0 aliphatic carbocycles. The number of carbonyl (C=O) groups excluding carboxylic acids is 1. The van der Waals surface area contributed by atoms with Crippen LogP contribution in [-0.4, -0.2) is 40.1 Å². The molecule has 0 saturated carbocycles. The number of hydrogen-bond donors (Lipinski definition) is 2. The first-order valence-corrected chi connectivity index (χ1v) is 9.98. The van der Waals surface area contributed by atoms with E-state index in [0.29, 0.717) is 11.6 Å². The standard InChI is InChI=1S/C20H36N4O/c1-14(2)7-6-8-16(5)24(12-10-15(3)4)20(25)19-17-13-21-11-9-18(17)22-23-19/h14-16,21H,6-13H2,1-5H3,(H,22,23). The first-order chi connectivity index (χ1) is 11.9. The van der Waals surface area contributed by atoms with Gasteiger partial charge in [0.2, 0.25) is 0 Å². The molecule has 1 atom stereocenters. The summed E-state index contributed by atoms with van der Waals surface area (Å²) in [5, 5.41) is 10.8. The zero-order chi connectivity index (χ0) is 18.4. The Hall–Kier alpha value is -1.36. The average Bonchev–Trinajstić information content (AvgIpc) is 2.98. The summed E-state index contributed by atoms with van der Waals surface area (Å²) in [7, 11) is 0. The van der Waals surface area contributed by atoms with Gasteiger partial charge in [0.05, 0.1) is 0 Å². The fraction of sp³-hybridized carbons (Fsp3) is 0.800. The Morgan fingerprint density at radius 3 is 2.52 bits per heavy atom. The number of nitrogens with one attached hydrogen (secondary N) is 2. The van der Waals surface area contributed by atoms with Crippen molar-refractivity contribution in [1.82, 2.24) is 20.4 Å². The Morgan fingerprint density at radius 1 is 1.12 bits per heavy atom. The van der Waals surface area contributed by atoms with Crippen molar-refractivity contribution in [3.63, 3.8) is 0 Å². The van der Waals surface area contributed by atoms with E-state index in [2.05, 4.69) is 55.0 Å². The highest BCUT2D eigenvalue weighted by molar-refractivity contribution is 5.94. The quantitative estimate of drug-likeness (QED) is 0.714. The van der Waals surface area contributed by atoms with Gasteiger partial charge in [-0.1, -0.05) is 40.5 Å². The molecule has 0 bridgehead atoms. The van der Waals surface area contributed by atoms with Gasteiger partial charge in [-0.05, 0) is 31.6 Å². The zero-order valence-electron chi connectivity index (χ0n) is 16.7. The van der Waals surface area contributed by atoms with E-state index in [1.54, 1.807) is 0 Å². The predicted octanol–water partition coefficient (Wildman–Crippen LogP) is 3.76. The van der Waals surface area contributed by atoms with Crippen LogP contribution in [0, 0.1) is 11.8 Å². The van der Waals surface area contributed by atoms with Gasteiger partial charge in [0.15, 0.2) is 5.69 Å². The van der Waals surface area contributed by atoms with Crippen LogP contribution in [0.3, 0.4) is 0 Å². The van der Waals surface area contributed by atoms with Gasteiger partial charge in [0.25, 0.3) is 5.91 Å². The summed E-state index contributed by atoms with van der Waals surface area (Å²) in [5.74, 6) is 1.41. The number of H-pyrrole nitrogens is 1. The minimum Gasteiger partial charge on any atom is -0.335 e. The molecule has 1 unspecified atom stereocenters. The van der Waals surface area contributed by atoms with Crippen molar-refractivity contribution in [3.8, 4) is 0 Å². The van der Waals surface area contributed by atoms with Crippen molar-refractivity contribution < 1.29 is 4.79 Å². The molecule has 0 spiro atoms. The highest BCUT2D eigenvalue weighted by Crippen LogP contribution is 2.21. The van der Waals surface area contributed by atoms with Crippen LogP contribution in [0.15, 0.2) is 0 Å². The number of rotatable bonds is 9. The number of aromatic amines is 1. The summed E-state index contributed by atoms with van der Waals surface area (Å²) in [6.45, 7) is 13.6. The van der Waals surface area contributed by atoms with Gasteiger partial charge in [-0.3, -0.25) is 9.89 Å². The van der Waals surface area contributed by atoms with E-state index in [4.69, 9.17) is 0 Å². The van der Waals surface area contributed by atoms with Crippen molar-refractivity contribution >= 4 is 5.91 Å². The Balaban J connectivity index is 2.10. The van der Waals surface area contributed by atoms with Crippen molar-refractivity contribution in [2.45, 2.75) is 79.3 Å². The number of hydrogen-bond acceptors (Lipinski definition) is 3. The summed E-state index contributed by atoms with van der Waals surface area (Å²) >= 11 is 0. The largest absolute Gasteiger partial charge is 0.335 e. The molecule has 1 aromatic heterocycles. The van der Waals surface area contributed by atoms with Crippen molar-refractivity contribution in [1.29, 1.82) is 0 Å². The molecule has 5 nitrogen and oxygen atoms in total. The van der Waals surface area contributed by atoms with Crippen molar-refractivity contribution in [2.75, 3.05) is 13.1 Å². The van der Waals surface area contributed by atoms with Crippen LogP contribution in [-0.2, 0) is 13.0 Å². The van der Waals surface area contributed by atoms with Gasteiger partial charge in [-0.15, -0.1) is 0 Å². The molecule has 142 valence electrons. The molecule has 2 heterocycles. The Kier molecular flexibility index (Phi) is 7.48. The minimum absolute atomic E-state index is 0.0962. The Labute approximate surface area is 152 Å². The molecule has 1 aliphatic rings. The maximum absolute atomic E-state index is 13.2. The second-order valence-electron chi connectivity index (χ2n) is 8.31. The number of nitrogens with zero attached hydrogens (tertiary/aromatic N) is 2. The maximum Gasteiger partial charge on any atom is 0.274 e. The van der Waals surface area contributed by atoms with Crippen LogP contribution in [0.1, 0.15) is 82.0 Å². The molecule has 2 N–H and O–H groups in total. The number of fused-ring (bicyclic) bond motifs is 1. The van der Waals surface area contributed by atoms with Crippen LogP contribution in [0.4, 0.5) is 0 Å². The van der Waals surface area contributed by atoms with E-state index in [1.807, 2.05) is 0 Å². The highest BCUT2D eigenvalue weighted by Gasteiger charge is 2.28. The predicted molar refractivity (Wildman–Crippen MR) is 103 cm³/mol. The summed E-state index contributed by atoms with van der Waals surface area (Å²) in [6.07, 6.45) is 5.41. The summed E-state index contributed by atoms with van der Waals surface area (Å²) in [5.41, 5.74) is 2.82. The molecule has 0 aromatic carbocycles. The third kappa shape index (κ3) is 5.56. The second-order valence-corrected chi connectivity index (χ2v) is 8.31. The number of aromatic nitrogens is 2. The van der Waals surface area contributed by atoms with Gasteiger partial charge >= 0.3 is 0 Å². The van der Waals surface area contributed by atoms with Crippen LogP contribution < -0.4 is 5.32 Å². The van der Waals surface area contributed by atoms with Crippen LogP contribution in [0.2, 0.25) is 0 Å². The van der Waals surface area contributed by atoms with Gasteiger partial charge in [0, 0.05) is 43.4 Å². The molecule has 1 amide bonds. The fourth-order valence-corrected chi connectivity index (χ4v) is 3.43. The molecule has 25 heavy (non-hydrogen) atoms. The number of amides is 1. The van der Waals surface area contributed by atoms with Crippen molar-refractivity contribution in [2.24, 2.45) is 11.8 Å². The maximum atomic E-state index is 13.2. The third-order valence-corrected chi connectivity index (χ3v) is 5.15. The molecular formula is C20H36N4O. The molecule has 5 heteroatoms. The Bertz CT molecular complexity index is 550. The normalized spacial score (nSPS) is 15.5. The SMILES string of the molecule is CC(C)CCCC(C)N(CCC(C)C)C(=O)c1n[nH]c2c1CNCC2. The second kappa shape index (κ2) is 9.37. The monoisotopic (exact) mass is 348 g/mol. The minimum atomic E-state index is 0.0962. The van der Waals surface area contributed by atoms with E-state index in [-0.39, 0.29) is 11.9 Å². The number of carbonyl (C=O) groups is 1. The van der Waals surface area contributed by atoms with E-state index < -0.39 is 0 Å².